The number of ether oxygens (including phenoxy) is 2. The maximum absolute atomic E-state index is 13.6. The molecule has 2 aromatic carbocycles. The van der Waals surface area contributed by atoms with Crippen LogP contribution in [-0.4, -0.2) is 98.9 Å². The number of carboxylic acid groups (broad SMARTS) is 3. The van der Waals surface area contributed by atoms with Crippen molar-refractivity contribution in [1.29, 1.82) is 0 Å². The fourth-order valence-electron chi connectivity index (χ4n) is 6.96. The lowest BCUT2D eigenvalue weighted by Crippen LogP contribution is -2.60. The number of hydrogen-bond acceptors (Lipinski definition) is 7. The minimum atomic E-state index is -2.74. The Morgan fingerprint density at radius 1 is 0.878 bits per heavy atom. The zero-order valence-electron chi connectivity index (χ0n) is 23.0. The highest BCUT2D eigenvalue weighted by Crippen LogP contribution is 2.53. The molecule has 11 heteroatoms. The van der Waals surface area contributed by atoms with E-state index in [1.165, 1.54) is 0 Å². The maximum Gasteiger partial charge on any atom is 0.336 e. The number of carbonyl (C=O) groups is 4. The summed E-state index contributed by atoms with van der Waals surface area (Å²) in [6.45, 7) is 2.03. The van der Waals surface area contributed by atoms with Crippen LogP contribution in [0, 0.1) is 0 Å². The number of aliphatic carboxylic acids is 3. The lowest BCUT2D eigenvalue weighted by Gasteiger charge is -2.45. The average molecular weight is 569 g/mol. The summed E-state index contributed by atoms with van der Waals surface area (Å²) < 4.78 is 13.1. The van der Waals surface area contributed by atoms with E-state index in [2.05, 4.69) is 38.4 Å². The first kappa shape index (κ1) is 28.7. The Hall–Kier alpha value is -3.80. The van der Waals surface area contributed by atoms with Crippen molar-refractivity contribution in [2.75, 3.05) is 14.1 Å². The van der Waals surface area contributed by atoms with Crippen molar-refractivity contribution in [3.63, 3.8) is 0 Å². The fraction of sp³-hybridized carbons (Fsp3) is 0.467. The van der Waals surface area contributed by atoms with E-state index in [0.29, 0.717) is 24.3 Å². The third-order valence-electron chi connectivity index (χ3n) is 9.23. The van der Waals surface area contributed by atoms with Gasteiger partial charge in [-0.3, -0.25) is 14.4 Å². The van der Waals surface area contributed by atoms with E-state index in [1.54, 1.807) is 0 Å². The highest BCUT2D eigenvalue weighted by molar-refractivity contribution is 5.97. The first-order valence-corrected chi connectivity index (χ1v) is 13.5. The number of carboxylic acids is 3. The number of nitrogens with zero attached hydrogens (tertiary/aromatic N) is 1. The predicted molar refractivity (Wildman–Crippen MR) is 143 cm³/mol. The first-order chi connectivity index (χ1) is 19.2. The summed E-state index contributed by atoms with van der Waals surface area (Å²) in [6, 6.07) is 17.4. The number of esters is 1. The maximum atomic E-state index is 13.6. The van der Waals surface area contributed by atoms with Gasteiger partial charge in [-0.25, -0.2) is 4.79 Å². The molecule has 0 saturated carbocycles. The van der Waals surface area contributed by atoms with Gasteiger partial charge in [0.2, 0.25) is 0 Å². The molecule has 4 unspecified atom stereocenters. The van der Waals surface area contributed by atoms with Gasteiger partial charge in [-0.15, -0.1) is 0 Å². The van der Waals surface area contributed by atoms with Crippen LogP contribution < -0.4 is 0 Å². The molecular weight excluding hydrogens is 534 g/mol. The van der Waals surface area contributed by atoms with Gasteiger partial charge in [-0.05, 0) is 29.2 Å². The third kappa shape index (κ3) is 4.77. The average Bonchev–Trinajstić information content (AvgIpc) is 3.61. The van der Waals surface area contributed by atoms with E-state index in [-0.39, 0.29) is 12.1 Å². The molecule has 3 saturated heterocycles. The van der Waals surface area contributed by atoms with Gasteiger partial charge in [0.05, 0.1) is 26.9 Å². The third-order valence-corrected chi connectivity index (χ3v) is 9.23. The number of likely N-dealkylation sites (N-methyl/N-ethyl adjacent to an activating group) is 1. The molecule has 0 radical (unpaired) electrons. The van der Waals surface area contributed by atoms with Crippen molar-refractivity contribution < 1.29 is 53.6 Å². The molecule has 0 spiro atoms. The van der Waals surface area contributed by atoms with Crippen LogP contribution >= 0.6 is 0 Å². The molecule has 4 N–H and O–H groups in total. The zero-order chi connectivity index (χ0) is 29.9. The molecule has 2 bridgehead atoms. The highest BCUT2D eigenvalue weighted by Gasteiger charge is 2.71. The topological polar surface area (TPSA) is 171 Å². The number of carbonyl (C=O) groups excluding carboxylic acids is 1. The number of fused-ring (bicyclic) bond motifs is 8. The summed E-state index contributed by atoms with van der Waals surface area (Å²) in [7, 11) is 4.60. The van der Waals surface area contributed by atoms with Gasteiger partial charge in [0.1, 0.15) is 35.8 Å². The summed E-state index contributed by atoms with van der Waals surface area (Å²) >= 11 is 0. The molecule has 4 atom stereocenters. The van der Waals surface area contributed by atoms with Crippen molar-refractivity contribution in [3.05, 3.63) is 59.7 Å². The molecular formula is C30H34NO10+. The Morgan fingerprint density at radius 3 is 1.73 bits per heavy atom. The normalized spacial score (nSPS) is 27.3. The van der Waals surface area contributed by atoms with Gasteiger partial charge < -0.3 is 34.4 Å². The van der Waals surface area contributed by atoms with Crippen LogP contribution in [0.1, 0.15) is 43.7 Å². The number of hydrogen-bond donors (Lipinski definition) is 4. The Kier molecular flexibility index (Phi) is 6.96. The number of morpholine rings is 1. The molecule has 4 aliphatic rings. The van der Waals surface area contributed by atoms with Gasteiger partial charge in [0, 0.05) is 12.8 Å². The lowest BCUT2D eigenvalue weighted by molar-refractivity contribution is -0.938. The summed E-state index contributed by atoms with van der Waals surface area (Å²) in [5.74, 6) is -5.13. The second-order valence-electron chi connectivity index (χ2n) is 12.0. The molecule has 41 heavy (non-hydrogen) atoms. The number of epoxide rings is 1. The van der Waals surface area contributed by atoms with Crippen LogP contribution in [0.5, 0.6) is 0 Å². The lowest BCUT2D eigenvalue weighted by atomic mass is 9.80. The number of benzene rings is 2. The van der Waals surface area contributed by atoms with Crippen molar-refractivity contribution in [2.24, 2.45) is 0 Å². The predicted octanol–water partition coefficient (Wildman–Crippen LogP) is 2.02. The van der Waals surface area contributed by atoms with Gasteiger partial charge >= 0.3 is 23.9 Å². The van der Waals surface area contributed by atoms with Gasteiger partial charge in [-0.1, -0.05) is 48.5 Å². The summed E-state index contributed by atoms with van der Waals surface area (Å²) in [5, 5.41) is 33.8. The largest absolute Gasteiger partial charge is 0.481 e. The molecule has 218 valence electrons. The molecule has 2 aromatic rings. The SMILES string of the molecule is CC1(C(=O)OC2CC3C4OC4C(C2)[N+]3(C)C)c2ccccc2-c2ccccc21.O=C(O)CC(O)(CC(=O)O)C(=O)O. The van der Waals surface area contributed by atoms with Gasteiger partial charge in [0.25, 0.3) is 0 Å². The van der Waals surface area contributed by atoms with Crippen molar-refractivity contribution in [1.82, 2.24) is 0 Å². The van der Waals surface area contributed by atoms with Crippen LogP contribution in [0.4, 0.5) is 0 Å². The number of rotatable bonds is 7. The second-order valence-corrected chi connectivity index (χ2v) is 12.0. The Balaban J connectivity index is 0.000000223. The van der Waals surface area contributed by atoms with Crippen molar-refractivity contribution in [2.45, 2.75) is 74.0 Å². The van der Waals surface area contributed by atoms with Crippen molar-refractivity contribution in [3.8, 4) is 11.1 Å². The molecule has 3 heterocycles. The van der Waals surface area contributed by atoms with Gasteiger partial charge in [0.15, 0.2) is 5.60 Å². The quantitative estimate of drug-likeness (QED) is 0.220. The van der Waals surface area contributed by atoms with E-state index in [9.17, 15) is 19.2 Å². The summed E-state index contributed by atoms with van der Waals surface area (Å²) in [6.07, 6.45) is 0.232. The Bertz CT molecular complexity index is 1340. The molecule has 0 amide bonds. The van der Waals surface area contributed by atoms with Gasteiger partial charge in [-0.2, -0.15) is 0 Å². The molecule has 1 aliphatic carbocycles. The monoisotopic (exact) mass is 568 g/mol. The van der Waals surface area contributed by atoms with E-state index in [0.717, 1.165) is 39.6 Å². The van der Waals surface area contributed by atoms with E-state index in [4.69, 9.17) is 29.9 Å². The fourth-order valence-corrected chi connectivity index (χ4v) is 6.96. The minimum absolute atomic E-state index is 0.0122. The van der Waals surface area contributed by atoms with Crippen LogP contribution in [0.3, 0.4) is 0 Å². The molecule has 11 nitrogen and oxygen atoms in total. The van der Waals surface area contributed by atoms with E-state index < -0.39 is 41.8 Å². The van der Waals surface area contributed by atoms with E-state index >= 15 is 0 Å². The van der Waals surface area contributed by atoms with Crippen LogP contribution in [0.2, 0.25) is 0 Å². The van der Waals surface area contributed by atoms with E-state index in [1.807, 2.05) is 31.2 Å². The second kappa shape index (κ2) is 9.93. The first-order valence-electron chi connectivity index (χ1n) is 13.5. The molecule has 3 fully saturated rings. The molecule has 0 aromatic heterocycles. The zero-order valence-corrected chi connectivity index (χ0v) is 23.0. The van der Waals surface area contributed by atoms with Crippen LogP contribution in [0.15, 0.2) is 48.5 Å². The molecule has 3 aliphatic heterocycles. The Labute approximate surface area is 236 Å². The summed E-state index contributed by atoms with van der Waals surface area (Å²) in [4.78, 5) is 44.1. The molecule has 6 rings (SSSR count). The van der Waals surface area contributed by atoms with Crippen molar-refractivity contribution >= 4 is 23.9 Å². The highest BCUT2D eigenvalue weighted by atomic mass is 16.6. The summed E-state index contributed by atoms with van der Waals surface area (Å²) in [5.41, 5.74) is 0.928. The Morgan fingerprint density at radius 2 is 1.32 bits per heavy atom. The standard InChI is InChI=1S/C24H26NO3.C6H8O7/c1-24(17-10-6-4-8-15(17)16-9-5-7-11-18(16)24)23(26)27-14-12-19-21-22(28-21)20(13-14)25(19,2)3;7-3(8)1-6(13,5(11)12)2-4(9)10/h4-11,14,19-22H,12-13H2,1-3H3;13H,1-2H2,(H,7,8)(H,9,10)(H,11,12)/q+1;. The smallest absolute Gasteiger partial charge is 0.336 e. The number of quaternary nitrogens is 1. The minimum Gasteiger partial charge on any atom is -0.481 e. The van der Waals surface area contributed by atoms with Crippen LogP contribution in [0.25, 0.3) is 11.1 Å². The number of piperidine rings is 1. The van der Waals surface area contributed by atoms with Crippen LogP contribution in [-0.2, 0) is 34.1 Å². The number of aliphatic hydroxyl groups is 1.